The van der Waals surface area contributed by atoms with Gasteiger partial charge in [0.1, 0.15) is 6.10 Å². The van der Waals surface area contributed by atoms with Crippen LogP contribution in [0.4, 0.5) is 0 Å². The zero-order valence-corrected chi connectivity index (χ0v) is 8.82. The Morgan fingerprint density at radius 2 is 2.00 bits per heavy atom. The van der Waals surface area contributed by atoms with Crippen LogP contribution in [0.1, 0.15) is 31.2 Å². The molecule has 1 saturated carbocycles. The van der Waals surface area contributed by atoms with Crippen molar-refractivity contribution in [1.29, 1.82) is 0 Å². The SMILES string of the molecule is O=C1CCCC[C@H]1OCc1ccccc1. The van der Waals surface area contributed by atoms with E-state index in [0.717, 1.165) is 24.8 Å². The molecular weight excluding hydrogens is 188 g/mol. The Hall–Kier alpha value is -1.15. The van der Waals surface area contributed by atoms with E-state index in [1.54, 1.807) is 0 Å². The third-order valence-corrected chi connectivity index (χ3v) is 2.79. The molecule has 0 amide bonds. The fourth-order valence-electron chi connectivity index (χ4n) is 1.90. The number of rotatable bonds is 3. The van der Waals surface area contributed by atoms with Crippen LogP contribution in [0.2, 0.25) is 0 Å². The van der Waals surface area contributed by atoms with Crippen molar-refractivity contribution in [3.63, 3.8) is 0 Å². The molecule has 0 aliphatic heterocycles. The van der Waals surface area contributed by atoms with Gasteiger partial charge in [-0.2, -0.15) is 0 Å². The molecular formula is C13H16O2. The zero-order valence-electron chi connectivity index (χ0n) is 8.82. The Morgan fingerprint density at radius 3 is 2.73 bits per heavy atom. The predicted octanol–water partition coefficient (Wildman–Crippen LogP) is 2.71. The van der Waals surface area contributed by atoms with Crippen molar-refractivity contribution in [2.75, 3.05) is 0 Å². The molecule has 2 nitrogen and oxygen atoms in total. The van der Waals surface area contributed by atoms with Crippen LogP contribution in [0.3, 0.4) is 0 Å². The first-order valence-corrected chi connectivity index (χ1v) is 5.54. The van der Waals surface area contributed by atoms with Gasteiger partial charge in [0.15, 0.2) is 5.78 Å². The maximum absolute atomic E-state index is 11.5. The number of Topliss-reactive ketones (excluding diaryl/α,β-unsaturated/α-hetero) is 1. The Labute approximate surface area is 90.3 Å². The average Bonchev–Trinajstić information content (AvgIpc) is 2.29. The fraction of sp³-hybridized carbons (Fsp3) is 0.462. The van der Waals surface area contributed by atoms with Crippen molar-refractivity contribution >= 4 is 5.78 Å². The van der Waals surface area contributed by atoms with E-state index in [9.17, 15) is 4.79 Å². The molecule has 0 N–H and O–H groups in total. The number of hydrogen-bond donors (Lipinski definition) is 0. The molecule has 1 aromatic carbocycles. The minimum absolute atomic E-state index is 0.154. The van der Waals surface area contributed by atoms with Crippen LogP contribution in [0, 0.1) is 0 Å². The Balaban J connectivity index is 1.85. The van der Waals surface area contributed by atoms with E-state index in [1.807, 2.05) is 30.3 Å². The molecule has 1 atom stereocenters. The lowest BCUT2D eigenvalue weighted by Gasteiger charge is -2.20. The molecule has 0 aromatic heterocycles. The number of carbonyl (C=O) groups is 1. The highest BCUT2D eigenvalue weighted by atomic mass is 16.5. The third-order valence-electron chi connectivity index (χ3n) is 2.79. The number of ether oxygens (including phenoxy) is 1. The van der Waals surface area contributed by atoms with Gasteiger partial charge in [0.25, 0.3) is 0 Å². The summed E-state index contributed by atoms with van der Waals surface area (Å²) in [6, 6.07) is 10.00. The quantitative estimate of drug-likeness (QED) is 0.756. The summed E-state index contributed by atoms with van der Waals surface area (Å²) in [5.41, 5.74) is 1.14. The topological polar surface area (TPSA) is 26.3 Å². The van der Waals surface area contributed by atoms with Gasteiger partial charge in [-0.25, -0.2) is 0 Å². The minimum Gasteiger partial charge on any atom is -0.366 e. The van der Waals surface area contributed by atoms with Gasteiger partial charge in [0, 0.05) is 6.42 Å². The number of carbonyl (C=O) groups excluding carboxylic acids is 1. The Morgan fingerprint density at radius 1 is 1.20 bits per heavy atom. The normalized spacial score (nSPS) is 21.6. The maximum atomic E-state index is 11.5. The van der Waals surface area contributed by atoms with Gasteiger partial charge in [0.2, 0.25) is 0 Å². The van der Waals surface area contributed by atoms with Crippen molar-refractivity contribution < 1.29 is 9.53 Å². The highest BCUT2D eigenvalue weighted by Gasteiger charge is 2.22. The maximum Gasteiger partial charge on any atom is 0.161 e. The van der Waals surface area contributed by atoms with Crippen LogP contribution >= 0.6 is 0 Å². The monoisotopic (exact) mass is 204 g/mol. The van der Waals surface area contributed by atoms with E-state index in [0.29, 0.717) is 13.0 Å². The first kappa shape index (κ1) is 10.4. The van der Waals surface area contributed by atoms with Gasteiger partial charge in [0.05, 0.1) is 6.61 Å². The summed E-state index contributed by atoms with van der Waals surface area (Å²) in [7, 11) is 0. The second-order valence-electron chi connectivity index (χ2n) is 4.00. The summed E-state index contributed by atoms with van der Waals surface area (Å²) in [6.07, 6.45) is 3.58. The fourth-order valence-corrected chi connectivity index (χ4v) is 1.90. The van der Waals surface area contributed by atoms with Crippen molar-refractivity contribution in [1.82, 2.24) is 0 Å². The second kappa shape index (κ2) is 5.08. The standard InChI is InChI=1S/C13H16O2/c14-12-8-4-5-9-13(12)15-10-11-6-2-1-3-7-11/h1-3,6-7,13H,4-5,8-10H2/t13-/m1/s1. The summed E-state index contributed by atoms with van der Waals surface area (Å²) < 4.78 is 5.63. The summed E-state index contributed by atoms with van der Waals surface area (Å²) in [5.74, 6) is 0.275. The van der Waals surface area contributed by atoms with Crippen molar-refractivity contribution in [2.24, 2.45) is 0 Å². The molecule has 0 saturated heterocycles. The van der Waals surface area contributed by atoms with E-state index in [1.165, 1.54) is 0 Å². The molecule has 1 aromatic rings. The summed E-state index contributed by atoms with van der Waals surface area (Å²) in [5, 5.41) is 0. The molecule has 2 rings (SSSR count). The predicted molar refractivity (Wildman–Crippen MR) is 58.5 cm³/mol. The Kier molecular flexibility index (Phi) is 3.51. The largest absolute Gasteiger partial charge is 0.366 e. The number of benzene rings is 1. The highest BCUT2D eigenvalue weighted by molar-refractivity contribution is 5.83. The first-order chi connectivity index (χ1) is 7.36. The van der Waals surface area contributed by atoms with Gasteiger partial charge in [-0.1, -0.05) is 30.3 Å². The van der Waals surface area contributed by atoms with Crippen LogP contribution in [0.25, 0.3) is 0 Å². The van der Waals surface area contributed by atoms with Crippen LogP contribution in [-0.4, -0.2) is 11.9 Å². The lowest BCUT2D eigenvalue weighted by molar-refractivity contribution is -0.134. The van der Waals surface area contributed by atoms with Gasteiger partial charge < -0.3 is 4.74 Å². The van der Waals surface area contributed by atoms with E-state index in [2.05, 4.69) is 0 Å². The molecule has 0 heterocycles. The molecule has 1 aliphatic rings. The summed E-state index contributed by atoms with van der Waals surface area (Å²) >= 11 is 0. The zero-order chi connectivity index (χ0) is 10.5. The average molecular weight is 204 g/mol. The number of ketones is 1. The molecule has 0 unspecified atom stereocenters. The van der Waals surface area contributed by atoms with Gasteiger partial charge in [-0.15, -0.1) is 0 Å². The molecule has 0 bridgehead atoms. The van der Waals surface area contributed by atoms with Gasteiger partial charge >= 0.3 is 0 Å². The minimum atomic E-state index is -0.154. The molecule has 15 heavy (non-hydrogen) atoms. The first-order valence-electron chi connectivity index (χ1n) is 5.54. The third kappa shape index (κ3) is 2.90. The van der Waals surface area contributed by atoms with Gasteiger partial charge in [-0.3, -0.25) is 4.79 Å². The number of hydrogen-bond acceptors (Lipinski definition) is 2. The molecule has 0 spiro atoms. The lowest BCUT2D eigenvalue weighted by Crippen LogP contribution is -2.27. The smallest absolute Gasteiger partial charge is 0.161 e. The Bertz CT molecular complexity index is 319. The molecule has 1 aliphatic carbocycles. The van der Waals surface area contributed by atoms with Crippen LogP contribution in [0.15, 0.2) is 30.3 Å². The van der Waals surface area contributed by atoms with E-state index in [-0.39, 0.29) is 11.9 Å². The highest BCUT2D eigenvalue weighted by Crippen LogP contribution is 2.18. The second-order valence-corrected chi connectivity index (χ2v) is 4.00. The summed E-state index contributed by atoms with van der Waals surface area (Å²) in [4.78, 5) is 11.5. The van der Waals surface area contributed by atoms with E-state index in [4.69, 9.17) is 4.74 Å². The molecule has 2 heteroatoms. The summed E-state index contributed by atoms with van der Waals surface area (Å²) in [6.45, 7) is 0.553. The van der Waals surface area contributed by atoms with Crippen LogP contribution in [0.5, 0.6) is 0 Å². The molecule has 80 valence electrons. The van der Waals surface area contributed by atoms with Gasteiger partial charge in [-0.05, 0) is 24.8 Å². The lowest BCUT2D eigenvalue weighted by atomic mass is 9.96. The van der Waals surface area contributed by atoms with E-state index >= 15 is 0 Å². The van der Waals surface area contributed by atoms with Crippen LogP contribution < -0.4 is 0 Å². The van der Waals surface area contributed by atoms with Crippen molar-refractivity contribution in [2.45, 2.75) is 38.4 Å². The van der Waals surface area contributed by atoms with Crippen molar-refractivity contribution in [3.05, 3.63) is 35.9 Å². The van der Waals surface area contributed by atoms with Crippen LogP contribution in [-0.2, 0) is 16.1 Å². The molecule has 0 radical (unpaired) electrons. The van der Waals surface area contributed by atoms with E-state index < -0.39 is 0 Å². The molecule has 1 fully saturated rings. The van der Waals surface area contributed by atoms with Crippen molar-refractivity contribution in [3.8, 4) is 0 Å².